The molecule has 102 valence electrons. The Labute approximate surface area is 124 Å². The monoisotopic (exact) mass is 285 g/mol. The standard InChI is InChI=1S/C17H16ClNO/c18-11-1-2-12-20-17-9-7-16(8-10-17)15-5-3-14(13-19)4-6-15/h3-10H,1-2,11-12H2. The summed E-state index contributed by atoms with van der Waals surface area (Å²) in [5, 5.41) is 8.78. The van der Waals surface area contributed by atoms with E-state index in [2.05, 4.69) is 6.07 Å². The minimum atomic E-state index is 0.674. The molecule has 0 spiro atoms. The molecule has 20 heavy (non-hydrogen) atoms. The molecular formula is C17H16ClNO. The molecule has 0 unspecified atom stereocenters. The quantitative estimate of drug-likeness (QED) is 0.573. The smallest absolute Gasteiger partial charge is 0.119 e. The highest BCUT2D eigenvalue weighted by Gasteiger charge is 1.99. The molecule has 0 aromatic heterocycles. The summed E-state index contributed by atoms with van der Waals surface area (Å²) in [7, 11) is 0. The van der Waals surface area contributed by atoms with Crippen LogP contribution in [0.4, 0.5) is 0 Å². The van der Waals surface area contributed by atoms with Crippen LogP contribution in [0.15, 0.2) is 48.5 Å². The first kappa shape index (κ1) is 14.4. The number of hydrogen-bond donors (Lipinski definition) is 0. The van der Waals surface area contributed by atoms with Gasteiger partial charge in [0, 0.05) is 5.88 Å². The third kappa shape index (κ3) is 4.01. The van der Waals surface area contributed by atoms with Gasteiger partial charge in [-0.15, -0.1) is 11.6 Å². The molecule has 0 aliphatic rings. The van der Waals surface area contributed by atoms with E-state index < -0.39 is 0 Å². The third-order valence-electron chi connectivity index (χ3n) is 3.00. The van der Waals surface area contributed by atoms with Crippen molar-refractivity contribution in [1.29, 1.82) is 5.26 Å². The van der Waals surface area contributed by atoms with Crippen molar-refractivity contribution in [2.24, 2.45) is 0 Å². The van der Waals surface area contributed by atoms with Crippen LogP contribution in [0, 0.1) is 11.3 Å². The molecule has 2 aromatic rings. The molecule has 0 saturated heterocycles. The van der Waals surface area contributed by atoms with E-state index in [-0.39, 0.29) is 0 Å². The van der Waals surface area contributed by atoms with E-state index in [1.165, 1.54) is 0 Å². The zero-order valence-electron chi connectivity index (χ0n) is 11.2. The number of rotatable bonds is 6. The SMILES string of the molecule is N#Cc1ccc(-c2ccc(OCCCCCl)cc2)cc1. The molecule has 2 rings (SSSR count). The second-order valence-electron chi connectivity index (χ2n) is 4.46. The summed E-state index contributed by atoms with van der Waals surface area (Å²) in [5.41, 5.74) is 2.88. The molecule has 0 amide bonds. The van der Waals surface area contributed by atoms with E-state index in [1.807, 2.05) is 48.5 Å². The molecule has 2 nitrogen and oxygen atoms in total. The molecule has 0 aliphatic carbocycles. The first-order chi connectivity index (χ1) is 9.83. The highest BCUT2D eigenvalue weighted by molar-refractivity contribution is 6.17. The lowest BCUT2D eigenvalue weighted by molar-refractivity contribution is 0.310. The molecule has 0 N–H and O–H groups in total. The minimum absolute atomic E-state index is 0.674. The van der Waals surface area contributed by atoms with Crippen molar-refractivity contribution in [3.8, 4) is 22.9 Å². The molecule has 3 heteroatoms. The van der Waals surface area contributed by atoms with Crippen LogP contribution in [0.5, 0.6) is 5.75 Å². The molecule has 0 fully saturated rings. The average molecular weight is 286 g/mol. The van der Waals surface area contributed by atoms with Gasteiger partial charge in [0.2, 0.25) is 0 Å². The van der Waals surface area contributed by atoms with Crippen LogP contribution in [-0.4, -0.2) is 12.5 Å². The second-order valence-corrected chi connectivity index (χ2v) is 4.84. The fourth-order valence-electron chi connectivity index (χ4n) is 1.87. The lowest BCUT2D eigenvalue weighted by Gasteiger charge is -2.07. The van der Waals surface area contributed by atoms with E-state index in [9.17, 15) is 0 Å². The topological polar surface area (TPSA) is 33.0 Å². The number of ether oxygens (including phenoxy) is 1. The number of hydrogen-bond acceptors (Lipinski definition) is 2. The summed E-state index contributed by atoms with van der Waals surface area (Å²) >= 11 is 5.62. The number of unbranched alkanes of at least 4 members (excludes halogenated alkanes) is 1. The van der Waals surface area contributed by atoms with Gasteiger partial charge >= 0.3 is 0 Å². The lowest BCUT2D eigenvalue weighted by Crippen LogP contribution is -1.97. The van der Waals surface area contributed by atoms with Crippen molar-refractivity contribution in [3.63, 3.8) is 0 Å². The van der Waals surface area contributed by atoms with Gasteiger partial charge in [-0.25, -0.2) is 0 Å². The van der Waals surface area contributed by atoms with Crippen molar-refractivity contribution >= 4 is 11.6 Å². The maximum Gasteiger partial charge on any atom is 0.119 e. The van der Waals surface area contributed by atoms with Gasteiger partial charge in [-0.2, -0.15) is 5.26 Å². The van der Waals surface area contributed by atoms with Crippen LogP contribution in [0.2, 0.25) is 0 Å². The van der Waals surface area contributed by atoms with E-state index in [0.717, 1.165) is 29.7 Å². The van der Waals surface area contributed by atoms with Gasteiger partial charge in [0.25, 0.3) is 0 Å². The zero-order valence-corrected chi connectivity index (χ0v) is 11.9. The number of nitriles is 1. The Bertz CT molecular complexity index is 569. The third-order valence-corrected chi connectivity index (χ3v) is 3.27. The van der Waals surface area contributed by atoms with Gasteiger partial charge in [0.05, 0.1) is 18.2 Å². The summed E-state index contributed by atoms with van der Waals surface area (Å²) in [4.78, 5) is 0. The molecule has 0 heterocycles. The minimum Gasteiger partial charge on any atom is -0.494 e. The molecular weight excluding hydrogens is 270 g/mol. The maximum absolute atomic E-state index is 8.78. The molecule has 0 aliphatic heterocycles. The highest BCUT2D eigenvalue weighted by atomic mass is 35.5. The summed E-state index contributed by atoms with van der Waals surface area (Å²) < 4.78 is 5.63. The van der Waals surface area contributed by atoms with E-state index >= 15 is 0 Å². The normalized spacial score (nSPS) is 10.0. The van der Waals surface area contributed by atoms with Crippen LogP contribution >= 0.6 is 11.6 Å². The summed E-state index contributed by atoms with van der Waals surface area (Å²) in [5.74, 6) is 1.55. The predicted molar refractivity (Wildman–Crippen MR) is 82.0 cm³/mol. The van der Waals surface area contributed by atoms with Gasteiger partial charge in [-0.05, 0) is 48.2 Å². The Morgan fingerprint density at radius 3 is 2.05 bits per heavy atom. The second kappa shape index (κ2) is 7.57. The molecule has 0 saturated carbocycles. The molecule has 2 aromatic carbocycles. The Morgan fingerprint density at radius 1 is 0.900 bits per heavy atom. The van der Waals surface area contributed by atoms with Gasteiger partial charge in [0.15, 0.2) is 0 Å². The lowest BCUT2D eigenvalue weighted by atomic mass is 10.0. The Morgan fingerprint density at radius 2 is 1.50 bits per heavy atom. The molecule has 0 radical (unpaired) electrons. The van der Waals surface area contributed by atoms with E-state index in [0.29, 0.717) is 18.1 Å². The zero-order chi connectivity index (χ0) is 14.2. The number of benzene rings is 2. The number of alkyl halides is 1. The van der Waals surface area contributed by atoms with Crippen molar-refractivity contribution in [2.75, 3.05) is 12.5 Å². The van der Waals surface area contributed by atoms with E-state index in [1.54, 1.807) is 0 Å². The van der Waals surface area contributed by atoms with Gasteiger partial charge < -0.3 is 4.74 Å². The van der Waals surface area contributed by atoms with Gasteiger partial charge in [0.1, 0.15) is 5.75 Å². The molecule has 0 atom stereocenters. The summed E-state index contributed by atoms with van der Waals surface area (Å²) in [6, 6.07) is 17.7. The van der Waals surface area contributed by atoms with Crippen molar-refractivity contribution in [1.82, 2.24) is 0 Å². The summed E-state index contributed by atoms with van der Waals surface area (Å²) in [6.07, 6.45) is 1.95. The highest BCUT2D eigenvalue weighted by Crippen LogP contribution is 2.22. The Hall–Kier alpha value is -1.98. The predicted octanol–water partition coefficient (Wildman–Crippen LogP) is 4.62. The van der Waals surface area contributed by atoms with Gasteiger partial charge in [-0.1, -0.05) is 24.3 Å². The van der Waals surface area contributed by atoms with Crippen molar-refractivity contribution < 1.29 is 4.74 Å². The first-order valence-corrected chi connectivity index (χ1v) is 7.16. The van der Waals surface area contributed by atoms with E-state index in [4.69, 9.17) is 21.6 Å². The van der Waals surface area contributed by atoms with Crippen LogP contribution in [-0.2, 0) is 0 Å². The van der Waals surface area contributed by atoms with Crippen molar-refractivity contribution in [3.05, 3.63) is 54.1 Å². The van der Waals surface area contributed by atoms with Gasteiger partial charge in [-0.3, -0.25) is 0 Å². The maximum atomic E-state index is 8.78. The van der Waals surface area contributed by atoms with Crippen LogP contribution in [0.3, 0.4) is 0 Å². The molecule has 0 bridgehead atoms. The average Bonchev–Trinajstić information content (AvgIpc) is 2.52. The number of nitrogens with zero attached hydrogens (tertiary/aromatic N) is 1. The van der Waals surface area contributed by atoms with Crippen LogP contribution in [0.1, 0.15) is 18.4 Å². The summed E-state index contributed by atoms with van der Waals surface area (Å²) in [6.45, 7) is 0.697. The Balaban J connectivity index is 1.98. The van der Waals surface area contributed by atoms with Crippen LogP contribution < -0.4 is 4.74 Å². The fourth-order valence-corrected chi connectivity index (χ4v) is 2.06. The Kier molecular flexibility index (Phi) is 5.46. The first-order valence-electron chi connectivity index (χ1n) is 6.63. The fraction of sp³-hybridized carbons (Fsp3) is 0.235. The van der Waals surface area contributed by atoms with Crippen molar-refractivity contribution in [2.45, 2.75) is 12.8 Å². The number of halogens is 1. The largest absolute Gasteiger partial charge is 0.494 e. The van der Waals surface area contributed by atoms with Crippen LogP contribution in [0.25, 0.3) is 11.1 Å².